The van der Waals surface area contributed by atoms with Crippen molar-refractivity contribution in [3.05, 3.63) is 29.6 Å². The van der Waals surface area contributed by atoms with Crippen molar-refractivity contribution in [3.63, 3.8) is 0 Å². The molecule has 5 heteroatoms. The molecule has 4 nitrogen and oxygen atoms in total. The lowest BCUT2D eigenvalue weighted by Gasteiger charge is -2.38. The van der Waals surface area contributed by atoms with Crippen molar-refractivity contribution in [1.29, 1.82) is 0 Å². The maximum absolute atomic E-state index is 13.2. The summed E-state index contributed by atoms with van der Waals surface area (Å²) in [5, 5.41) is 19.1. The standard InChI is InChI=1S/C15H20FNO3/c1-2-15(14(19)20)5-7-17(8-6-15)10-11-9-12(16)3-4-13(11)18/h3-4,9,18H,2,5-8,10H2,1H3,(H,19,20). The summed E-state index contributed by atoms with van der Waals surface area (Å²) in [4.78, 5) is 13.4. The molecule has 1 aliphatic heterocycles. The Hall–Kier alpha value is -1.62. The molecule has 110 valence electrons. The average molecular weight is 281 g/mol. The van der Waals surface area contributed by atoms with Crippen molar-refractivity contribution in [2.45, 2.75) is 32.7 Å². The second kappa shape index (κ2) is 5.79. The summed E-state index contributed by atoms with van der Waals surface area (Å²) < 4.78 is 13.2. The van der Waals surface area contributed by atoms with E-state index < -0.39 is 11.4 Å². The number of nitrogens with zero attached hydrogens (tertiary/aromatic N) is 1. The van der Waals surface area contributed by atoms with Gasteiger partial charge < -0.3 is 10.2 Å². The minimum atomic E-state index is -0.728. The first-order valence-electron chi connectivity index (χ1n) is 6.90. The summed E-state index contributed by atoms with van der Waals surface area (Å²) in [6, 6.07) is 3.90. The molecule has 2 N–H and O–H groups in total. The minimum absolute atomic E-state index is 0.0805. The molecule has 0 atom stereocenters. The summed E-state index contributed by atoms with van der Waals surface area (Å²) in [7, 11) is 0. The smallest absolute Gasteiger partial charge is 0.309 e. The van der Waals surface area contributed by atoms with Crippen LogP contribution in [0.1, 0.15) is 31.7 Å². The van der Waals surface area contributed by atoms with Crippen LogP contribution in [-0.4, -0.2) is 34.2 Å². The highest BCUT2D eigenvalue weighted by molar-refractivity contribution is 5.74. The first kappa shape index (κ1) is 14.8. The number of halogens is 1. The predicted octanol–water partition coefficient (Wildman–Crippen LogP) is 2.61. The minimum Gasteiger partial charge on any atom is -0.508 e. The molecule has 0 aliphatic carbocycles. The van der Waals surface area contributed by atoms with E-state index in [1.165, 1.54) is 18.2 Å². The molecule has 0 amide bonds. The zero-order valence-corrected chi connectivity index (χ0v) is 11.6. The van der Waals surface area contributed by atoms with E-state index in [0.29, 0.717) is 44.5 Å². The van der Waals surface area contributed by atoms with Crippen LogP contribution in [0.15, 0.2) is 18.2 Å². The Morgan fingerprint density at radius 1 is 1.40 bits per heavy atom. The quantitative estimate of drug-likeness (QED) is 0.890. The van der Waals surface area contributed by atoms with Gasteiger partial charge in [0.05, 0.1) is 5.41 Å². The Labute approximate surface area is 117 Å². The molecule has 1 aromatic carbocycles. The highest BCUT2D eigenvalue weighted by Crippen LogP contribution is 2.36. The number of hydrogen-bond donors (Lipinski definition) is 2. The number of carboxylic acids is 1. The van der Waals surface area contributed by atoms with Gasteiger partial charge in [0.25, 0.3) is 0 Å². The number of piperidine rings is 1. The zero-order valence-electron chi connectivity index (χ0n) is 11.6. The van der Waals surface area contributed by atoms with Crippen LogP contribution < -0.4 is 0 Å². The van der Waals surface area contributed by atoms with Crippen LogP contribution in [0.3, 0.4) is 0 Å². The average Bonchev–Trinajstić information content (AvgIpc) is 2.43. The zero-order chi connectivity index (χ0) is 14.8. The van der Waals surface area contributed by atoms with Gasteiger partial charge in [-0.2, -0.15) is 0 Å². The van der Waals surface area contributed by atoms with Crippen LogP contribution in [-0.2, 0) is 11.3 Å². The first-order chi connectivity index (χ1) is 9.47. The number of benzene rings is 1. The van der Waals surface area contributed by atoms with Crippen molar-refractivity contribution in [1.82, 2.24) is 4.90 Å². The molecule has 2 rings (SSSR count). The number of phenolic OH excluding ortho intramolecular Hbond substituents is 1. The van der Waals surface area contributed by atoms with E-state index in [0.717, 1.165) is 0 Å². The molecular formula is C15H20FNO3. The fraction of sp³-hybridized carbons (Fsp3) is 0.533. The van der Waals surface area contributed by atoms with Gasteiger partial charge in [0, 0.05) is 12.1 Å². The fourth-order valence-electron chi connectivity index (χ4n) is 2.78. The molecule has 0 unspecified atom stereocenters. The Kier molecular flexibility index (Phi) is 4.28. The summed E-state index contributed by atoms with van der Waals surface area (Å²) in [6.07, 6.45) is 1.81. The van der Waals surface area contributed by atoms with Gasteiger partial charge in [-0.15, -0.1) is 0 Å². The van der Waals surface area contributed by atoms with Gasteiger partial charge >= 0.3 is 5.97 Å². The van der Waals surface area contributed by atoms with Crippen molar-refractivity contribution < 1.29 is 19.4 Å². The predicted molar refractivity (Wildman–Crippen MR) is 72.9 cm³/mol. The van der Waals surface area contributed by atoms with Gasteiger partial charge in [0.1, 0.15) is 11.6 Å². The summed E-state index contributed by atoms with van der Waals surface area (Å²) in [5.74, 6) is -1.02. The largest absolute Gasteiger partial charge is 0.508 e. The second-order valence-electron chi connectivity index (χ2n) is 5.49. The van der Waals surface area contributed by atoms with E-state index in [1.807, 2.05) is 6.92 Å². The van der Waals surface area contributed by atoms with E-state index in [2.05, 4.69) is 4.90 Å². The summed E-state index contributed by atoms with van der Waals surface area (Å²) >= 11 is 0. The number of rotatable bonds is 4. The van der Waals surface area contributed by atoms with Crippen LogP contribution in [0.5, 0.6) is 5.75 Å². The third-order valence-electron chi connectivity index (χ3n) is 4.38. The van der Waals surface area contributed by atoms with Crippen LogP contribution in [0.4, 0.5) is 4.39 Å². The number of aromatic hydroxyl groups is 1. The lowest BCUT2D eigenvalue weighted by Crippen LogP contribution is -2.43. The molecule has 20 heavy (non-hydrogen) atoms. The number of phenols is 1. The maximum atomic E-state index is 13.2. The molecule has 0 spiro atoms. The summed E-state index contributed by atoms with van der Waals surface area (Å²) in [6.45, 7) is 3.65. The number of likely N-dealkylation sites (tertiary alicyclic amines) is 1. The fourth-order valence-corrected chi connectivity index (χ4v) is 2.78. The van der Waals surface area contributed by atoms with Gasteiger partial charge in [0.15, 0.2) is 0 Å². The van der Waals surface area contributed by atoms with Gasteiger partial charge in [-0.1, -0.05) is 6.92 Å². The number of hydrogen-bond acceptors (Lipinski definition) is 3. The summed E-state index contributed by atoms with van der Waals surface area (Å²) in [5.41, 5.74) is -0.0789. The van der Waals surface area contributed by atoms with Gasteiger partial charge in [-0.25, -0.2) is 4.39 Å². The van der Waals surface area contributed by atoms with E-state index in [1.54, 1.807) is 0 Å². The van der Waals surface area contributed by atoms with Crippen molar-refractivity contribution >= 4 is 5.97 Å². The Morgan fingerprint density at radius 2 is 2.05 bits per heavy atom. The number of carboxylic acid groups (broad SMARTS) is 1. The van der Waals surface area contributed by atoms with Crippen LogP contribution >= 0.6 is 0 Å². The highest BCUT2D eigenvalue weighted by atomic mass is 19.1. The van der Waals surface area contributed by atoms with Crippen molar-refractivity contribution in [2.75, 3.05) is 13.1 Å². The molecule has 0 saturated carbocycles. The van der Waals surface area contributed by atoms with E-state index >= 15 is 0 Å². The molecule has 1 heterocycles. The highest BCUT2D eigenvalue weighted by Gasteiger charge is 2.39. The molecule has 1 saturated heterocycles. The van der Waals surface area contributed by atoms with Crippen LogP contribution in [0.25, 0.3) is 0 Å². The Morgan fingerprint density at radius 3 is 2.60 bits per heavy atom. The maximum Gasteiger partial charge on any atom is 0.309 e. The van der Waals surface area contributed by atoms with Crippen molar-refractivity contribution in [3.8, 4) is 5.75 Å². The molecule has 1 fully saturated rings. The number of carbonyl (C=O) groups is 1. The second-order valence-corrected chi connectivity index (χ2v) is 5.49. The normalized spacial score (nSPS) is 18.9. The molecule has 1 aromatic rings. The molecule has 0 radical (unpaired) electrons. The first-order valence-corrected chi connectivity index (χ1v) is 6.90. The SMILES string of the molecule is CCC1(C(=O)O)CCN(Cc2cc(F)ccc2O)CC1. The third kappa shape index (κ3) is 2.93. The monoisotopic (exact) mass is 281 g/mol. The van der Waals surface area contributed by atoms with E-state index in [9.17, 15) is 19.4 Å². The van der Waals surface area contributed by atoms with Crippen LogP contribution in [0.2, 0.25) is 0 Å². The third-order valence-corrected chi connectivity index (χ3v) is 4.38. The lowest BCUT2D eigenvalue weighted by atomic mass is 9.76. The molecular weight excluding hydrogens is 261 g/mol. The van der Waals surface area contributed by atoms with E-state index in [-0.39, 0.29) is 11.6 Å². The topological polar surface area (TPSA) is 60.8 Å². The van der Waals surface area contributed by atoms with Crippen LogP contribution in [0, 0.1) is 11.2 Å². The van der Waals surface area contributed by atoms with Gasteiger partial charge in [0.2, 0.25) is 0 Å². The molecule has 1 aliphatic rings. The number of aliphatic carboxylic acids is 1. The Balaban J connectivity index is 2.01. The van der Waals surface area contributed by atoms with E-state index in [4.69, 9.17) is 0 Å². The van der Waals surface area contributed by atoms with Gasteiger partial charge in [-0.05, 0) is 50.6 Å². The Bertz CT molecular complexity index is 496. The van der Waals surface area contributed by atoms with Crippen molar-refractivity contribution in [2.24, 2.45) is 5.41 Å². The van der Waals surface area contributed by atoms with Gasteiger partial charge in [-0.3, -0.25) is 9.69 Å². The lowest BCUT2D eigenvalue weighted by molar-refractivity contribution is -0.152. The molecule has 0 bridgehead atoms. The molecule has 0 aromatic heterocycles.